The number of hydrogen-bond donors (Lipinski definition) is 1. The molecule has 0 radical (unpaired) electrons. The molecule has 0 amide bonds. The van der Waals surface area contributed by atoms with E-state index in [0.717, 1.165) is 25.5 Å². The molecule has 0 aromatic carbocycles. The van der Waals surface area contributed by atoms with E-state index in [1.54, 1.807) is 12.5 Å². The topological polar surface area (TPSA) is 42.7 Å². The van der Waals surface area contributed by atoms with E-state index in [1.807, 2.05) is 10.8 Å². The van der Waals surface area contributed by atoms with E-state index < -0.39 is 11.9 Å². The monoisotopic (exact) mass is 284 g/mol. The zero-order chi connectivity index (χ0) is 14.4. The van der Waals surface area contributed by atoms with Crippen molar-refractivity contribution in [2.24, 2.45) is 0 Å². The van der Waals surface area contributed by atoms with Crippen LogP contribution in [0.4, 0.5) is 19.0 Å². The minimum absolute atomic E-state index is 0.252. The van der Waals surface area contributed by atoms with Gasteiger partial charge < -0.3 is 9.88 Å². The number of anilines is 1. The summed E-state index contributed by atoms with van der Waals surface area (Å²) in [6, 6.07) is 3.85. The molecule has 2 heterocycles. The largest absolute Gasteiger partial charge is 0.433 e. The Kier molecular flexibility index (Phi) is 4.60. The number of pyridine rings is 1. The number of rotatable bonds is 6. The van der Waals surface area contributed by atoms with Gasteiger partial charge in [-0.1, -0.05) is 6.07 Å². The van der Waals surface area contributed by atoms with E-state index >= 15 is 0 Å². The Labute approximate surface area is 114 Å². The smallest absolute Gasteiger partial charge is 0.370 e. The van der Waals surface area contributed by atoms with E-state index in [-0.39, 0.29) is 5.82 Å². The number of nitrogens with zero attached hydrogens (tertiary/aromatic N) is 3. The van der Waals surface area contributed by atoms with Gasteiger partial charge in [-0.05, 0) is 25.0 Å². The first-order chi connectivity index (χ1) is 9.55. The molecule has 0 saturated heterocycles. The van der Waals surface area contributed by atoms with Gasteiger partial charge in [-0.3, -0.25) is 0 Å². The predicted molar refractivity (Wildman–Crippen MR) is 69.2 cm³/mol. The number of aromatic nitrogens is 3. The van der Waals surface area contributed by atoms with Crippen molar-refractivity contribution in [1.82, 2.24) is 14.5 Å². The number of aryl methyl sites for hydroxylation is 1. The summed E-state index contributed by atoms with van der Waals surface area (Å²) < 4.78 is 39.4. The molecule has 0 spiro atoms. The van der Waals surface area contributed by atoms with Crippen LogP contribution in [0.25, 0.3) is 0 Å². The lowest BCUT2D eigenvalue weighted by molar-refractivity contribution is -0.141. The fraction of sp³-hybridized carbons (Fsp3) is 0.385. The fourth-order valence-electron chi connectivity index (χ4n) is 1.75. The number of alkyl halides is 3. The Morgan fingerprint density at radius 2 is 2.05 bits per heavy atom. The van der Waals surface area contributed by atoms with Gasteiger partial charge >= 0.3 is 6.18 Å². The predicted octanol–water partition coefficient (Wildman–Crippen LogP) is 3.19. The highest BCUT2D eigenvalue weighted by atomic mass is 19.4. The van der Waals surface area contributed by atoms with Gasteiger partial charge in [0.2, 0.25) is 0 Å². The Hall–Kier alpha value is -2.05. The van der Waals surface area contributed by atoms with Crippen LogP contribution in [0.15, 0.2) is 36.9 Å². The van der Waals surface area contributed by atoms with Gasteiger partial charge in [-0.15, -0.1) is 0 Å². The molecule has 1 N–H and O–H groups in total. The minimum Gasteiger partial charge on any atom is -0.370 e. The lowest BCUT2D eigenvalue weighted by atomic mass is 10.3. The van der Waals surface area contributed by atoms with Gasteiger partial charge in [-0.25, -0.2) is 9.97 Å². The van der Waals surface area contributed by atoms with Crippen LogP contribution in [0.5, 0.6) is 0 Å². The van der Waals surface area contributed by atoms with Gasteiger partial charge in [0.05, 0.1) is 6.33 Å². The highest BCUT2D eigenvalue weighted by molar-refractivity contribution is 5.35. The molecule has 7 heteroatoms. The van der Waals surface area contributed by atoms with Crippen molar-refractivity contribution in [1.29, 1.82) is 0 Å². The van der Waals surface area contributed by atoms with Crippen molar-refractivity contribution < 1.29 is 13.2 Å². The lowest BCUT2D eigenvalue weighted by Gasteiger charge is -2.09. The summed E-state index contributed by atoms with van der Waals surface area (Å²) >= 11 is 0. The van der Waals surface area contributed by atoms with Crippen LogP contribution in [0, 0.1) is 0 Å². The van der Waals surface area contributed by atoms with Crippen LogP contribution in [0.2, 0.25) is 0 Å². The lowest BCUT2D eigenvalue weighted by Crippen LogP contribution is -2.11. The summed E-state index contributed by atoms with van der Waals surface area (Å²) in [7, 11) is 0. The fourth-order valence-corrected chi connectivity index (χ4v) is 1.75. The first-order valence-electron chi connectivity index (χ1n) is 6.29. The molecule has 20 heavy (non-hydrogen) atoms. The zero-order valence-electron chi connectivity index (χ0n) is 10.8. The highest BCUT2D eigenvalue weighted by Crippen LogP contribution is 2.28. The van der Waals surface area contributed by atoms with Crippen LogP contribution >= 0.6 is 0 Å². The van der Waals surface area contributed by atoms with Gasteiger partial charge in [-0.2, -0.15) is 13.2 Å². The summed E-state index contributed by atoms with van der Waals surface area (Å²) in [6.07, 6.45) is 2.69. The summed E-state index contributed by atoms with van der Waals surface area (Å²) in [4.78, 5) is 7.47. The van der Waals surface area contributed by atoms with Crippen LogP contribution < -0.4 is 5.32 Å². The molecular weight excluding hydrogens is 269 g/mol. The number of halogens is 3. The molecule has 0 atom stereocenters. The van der Waals surface area contributed by atoms with E-state index in [2.05, 4.69) is 15.3 Å². The number of nitrogens with one attached hydrogen (secondary N) is 1. The maximum Gasteiger partial charge on any atom is 0.433 e. The first-order valence-corrected chi connectivity index (χ1v) is 6.29. The van der Waals surface area contributed by atoms with E-state index in [9.17, 15) is 13.2 Å². The molecule has 0 bridgehead atoms. The van der Waals surface area contributed by atoms with Gasteiger partial charge in [0, 0.05) is 25.5 Å². The van der Waals surface area contributed by atoms with Crippen LogP contribution in [0.3, 0.4) is 0 Å². The quantitative estimate of drug-likeness (QED) is 0.828. The third-order valence-electron chi connectivity index (χ3n) is 2.75. The SMILES string of the molecule is FC(F)(F)c1cccc(NCCCCn2ccnc2)n1. The van der Waals surface area contributed by atoms with Crippen molar-refractivity contribution in [3.05, 3.63) is 42.6 Å². The first kappa shape index (κ1) is 14.4. The van der Waals surface area contributed by atoms with Crippen molar-refractivity contribution in [3.63, 3.8) is 0 Å². The molecule has 4 nitrogen and oxygen atoms in total. The summed E-state index contributed by atoms with van der Waals surface area (Å²) in [5, 5.41) is 2.90. The molecule has 2 rings (SSSR count). The Balaban J connectivity index is 1.74. The third-order valence-corrected chi connectivity index (χ3v) is 2.75. The Morgan fingerprint density at radius 3 is 2.75 bits per heavy atom. The summed E-state index contributed by atoms with van der Waals surface area (Å²) in [6.45, 7) is 1.43. The van der Waals surface area contributed by atoms with E-state index in [0.29, 0.717) is 6.54 Å². The summed E-state index contributed by atoms with van der Waals surface area (Å²) in [5.74, 6) is 0.252. The molecule has 0 unspecified atom stereocenters. The van der Waals surface area contributed by atoms with Gasteiger partial charge in [0.25, 0.3) is 0 Å². The Morgan fingerprint density at radius 1 is 1.20 bits per heavy atom. The van der Waals surface area contributed by atoms with Gasteiger partial charge in [0.15, 0.2) is 0 Å². The van der Waals surface area contributed by atoms with Crippen molar-refractivity contribution in [2.45, 2.75) is 25.6 Å². The standard InChI is InChI=1S/C13H15F3N4/c14-13(15,16)11-4-3-5-12(19-11)18-6-1-2-8-20-9-7-17-10-20/h3-5,7,9-10H,1-2,6,8H2,(H,18,19). The molecule has 108 valence electrons. The molecular formula is C13H15F3N4. The van der Waals surface area contributed by atoms with Crippen molar-refractivity contribution in [3.8, 4) is 0 Å². The van der Waals surface area contributed by atoms with Crippen LogP contribution in [0.1, 0.15) is 18.5 Å². The maximum atomic E-state index is 12.5. The van der Waals surface area contributed by atoms with E-state index in [4.69, 9.17) is 0 Å². The summed E-state index contributed by atoms with van der Waals surface area (Å²) in [5.41, 5.74) is -0.874. The highest BCUT2D eigenvalue weighted by Gasteiger charge is 2.32. The average molecular weight is 284 g/mol. The second kappa shape index (κ2) is 6.40. The zero-order valence-corrected chi connectivity index (χ0v) is 10.8. The van der Waals surface area contributed by atoms with Crippen LogP contribution in [-0.2, 0) is 12.7 Å². The minimum atomic E-state index is -4.40. The maximum absolute atomic E-state index is 12.5. The van der Waals surface area contributed by atoms with E-state index in [1.165, 1.54) is 12.1 Å². The third kappa shape index (κ3) is 4.25. The van der Waals surface area contributed by atoms with Crippen LogP contribution in [-0.4, -0.2) is 21.1 Å². The van der Waals surface area contributed by atoms with Crippen molar-refractivity contribution in [2.75, 3.05) is 11.9 Å². The second-order valence-corrected chi connectivity index (χ2v) is 4.34. The molecule has 0 aliphatic rings. The molecule has 2 aromatic rings. The molecule has 0 aliphatic carbocycles. The molecule has 0 saturated carbocycles. The number of unbranched alkanes of at least 4 members (excludes halogenated alkanes) is 1. The number of imidazole rings is 1. The van der Waals surface area contributed by atoms with Gasteiger partial charge in [0.1, 0.15) is 11.5 Å². The normalized spacial score (nSPS) is 11.6. The Bertz CT molecular complexity index is 523. The average Bonchev–Trinajstić information content (AvgIpc) is 2.91. The molecule has 0 aliphatic heterocycles. The number of hydrogen-bond acceptors (Lipinski definition) is 3. The van der Waals surface area contributed by atoms with Crippen molar-refractivity contribution >= 4 is 5.82 Å². The molecule has 2 aromatic heterocycles. The second-order valence-electron chi connectivity index (χ2n) is 4.34. The molecule has 0 fully saturated rings.